The number of hydrogen-bond acceptors (Lipinski definition) is 4. The summed E-state index contributed by atoms with van der Waals surface area (Å²) in [6, 6.07) is 0. The van der Waals surface area contributed by atoms with Gasteiger partial charge in [-0.1, -0.05) is 0 Å². The fourth-order valence-corrected chi connectivity index (χ4v) is 0. The minimum atomic E-state index is -2.33. The van der Waals surface area contributed by atoms with Crippen LogP contribution in [0.4, 0.5) is 9.59 Å². The van der Waals surface area contributed by atoms with Gasteiger partial charge < -0.3 is 25.2 Å². The van der Waals surface area contributed by atoms with Crippen molar-refractivity contribution in [3.63, 3.8) is 0 Å². The van der Waals surface area contributed by atoms with Crippen molar-refractivity contribution < 1.29 is 30.0 Å². The minimum Gasteiger partial charge on any atom is -0.652 e. The van der Waals surface area contributed by atoms with Gasteiger partial charge in [0.25, 0.3) is 0 Å². The first kappa shape index (κ1) is 22.4. The summed E-state index contributed by atoms with van der Waals surface area (Å²) in [5, 5.41) is 30.6. The van der Waals surface area contributed by atoms with Gasteiger partial charge in [-0.25, -0.2) is 4.79 Å². The summed E-state index contributed by atoms with van der Waals surface area (Å²) in [4.78, 5) is 16.9. The van der Waals surface area contributed by atoms with Crippen LogP contribution in [0.25, 0.3) is 0 Å². The van der Waals surface area contributed by atoms with E-state index in [-0.39, 0.29) is 62.4 Å². The molecule has 0 aromatic heterocycles. The van der Waals surface area contributed by atoms with Crippen LogP contribution in [0, 0.1) is 0 Å². The van der Waals surface area contributed by atoms with Crippen LogP contribution in [0.1, 0.15) is 0 Å². The molecule has 0 saturated carbocycles. The number of rotatable bonds is 0. The summed E-state index contributed by atoms with van der Waals surface area (Å²) in [6.45, 7) is 0. The number of hydrogen-bond donors (Lipinski definition) is 2. The van der Waals surface area contributed by atoms with Crippen LogP contribution in [-0.2, 0) is 0 Å². The second kappa shape index (κ2) is 16.2. The maximum absolute atomic E-state index is 8.56. The van der Waals surface area contributed by atoms with Crippen LogP contribution in [-0.4, -0.2) is 71.4 Å². The Balaban J connectivity index is -0.0000000300. The predicted molar refractivity (Wildman–Crippen MR) is 32.2 cm³/mol. The number of carbonyl (C=O) groups excluding carboxylic acids is 1. The first-order valence-corrected chi connectivity index (χ1v) is 1.26. The summed E-state index contributed by atoms with van der Waals surface area (Å²) in [5.74, 6) is 0. The van der Waals surface area contributed by atoms with Gasteiger partial charge in [-0.2, -0.15) is 13.5 Å². The number of carbonyl (C=O) groups is 2. The van der Waals surface area contributed by atoms with E-state index in [4.69, 9.17) is 30.0 Å². The van der Waals surface area contributed by atoms with Crippen molar-refractivity contribution >= 4 is 74.7 Å². The van der Waals surface area contributed by atoms with Crippen molar-refractivity contribution in [2.75, 3.05) is 0 Å². The van der Waals surface area contributed by atoms with Crippen LogP contribution in [0.5, 0.6) is 0 Å². The van der Waals surface area contributed by atoms with Gasteiger partial charge in [0, 0.05) is 0 Å². The smallest absolute Gasteiger partial charge is 0.652 e. The zero-order valence-electron chi connectivity index (χ0n) is 4.73. The third kappa shape index (κ3) is 2210. The molecule has 0 aromatic carbocycles. The second-order valence-corrected chi connectivity index (χ2v) is 0.533. The first-order valence-electron chi connectivity index (χ1n) is 1.26. The van der Waals surface area contributed by atoms with Crippen molar-refractivity contribution in [1.82, 2.24) is 0 Å². The Morgan fingerprint density at radius 1 is 1.10 bits per heavy atom. The van der Waals surface area contributed by atoms with E-state index in [1.165, 1.54) is 0 Å². The van der Waals surface area contributed by atoms with E-state index in [1.54, 1.807) is 0 Å². The van der Waals surface area contributed by atoms with E-state index in [0.717, 1.165) is 0 Å². The Morgan fingerprint density at radius 3 is 1.10 bits per heavy atom. The monoisotopic (exact) mass is 294 g/mol. The quantitative estimate of drug-likeness (QED) is 0.477. The zero-order chi connectivity index (χ0) is 7.15. The van der Waals surface area contributed by atoms with E-state index in [1.807, 2.05) is 0 Å². The molecule has 0 bridgehead atoms. The Kier molecular flexibility index (Phi) is 36.4. The Bertz CT molecular complexity index is 73.7. The van der Waals surface area contributed by atoms with Gasteiger partial charge in [-0.15, -0.1) is 0 Å². The maximum atomic E-state index is 8.56. The van der Waals surface area contributed by atoms with Gasteiger partial charge in [0.05, 0.1) is 0 Å². The molecule has 0 unspecified atom stereocenters. The molecule has 2 N–H and O–H groups in total. The largest absolute Gasteiger partial charge is 2.00 e. The van der Waals surface area contributed by atoms with Crippen LogP contribution in [0.2, 0.25) is 0 Å². The van der Waals surface area contributed by atoms with Crippen LogP contribution in [0.3, 0.4) is 0 Å². The third-order valence-corrected chi connectivity index (χ3v) is 0. The summed E-state index contributed by atoms with van der Waals surface area (Å²) in [7, 11) is 0. The van der Waals surface area contributed by atoms with Crippen LogP contribution >= 0.6 is 13.5 Å². The normalized spacial score (nSPS) is 4.80. The molecule has 0 aliphatic rings. The third-order valence-electron chi connectivity index (χ3n) is 0. The van der Waals surface area contributed by atoms with Crippen molar-refractivity contribution in [3.8, 4) is 0 Å². The molecule has 0 amide bonds. The molecule has 0 rings (SSSR count). The summed E-state index contributed by atoms with van der Waals surface area (Å²) < 4.78 is 0. The van der Waals surface area contributed by atoms with Gasteiger partial charge in [-0.05, 0) is 6.16 Å². The SMILES string of the molecule is O=C(O)O.O=C([O-])[O-].S.[Ba+2]. The summed E-state index contributed by atoms with van der Waals surface area (Å²) in [6.07, 6.45) is -4.17. The topological polar surface area (TPSA) is 121 Å². The molecule has 8 heteroatoms. The van der Waals surface area contributed by atoms with Gasteiger partial charge in [0.15, 0.2) is 0 Å². The predicted octanol–water partition coefficient (Wildman–Crippen LogP) is -2.49. The average molecular weight is 293 g/mol. The molecule has 0 spiro atoms. The Hall–Kier alpha value is 0.461. The summed E-state index contributed by atoms with van der Waals surface area (Å²) >= 11 is 0. The fourth-order valence-electron chi connectivity index (χ4n) is 0. The van der Waals surface area contributed by atoms with Gasteiger partial charge in [-0.3, -0.25) is 0 Å². The molecule has 0 aromatic rings. The molecule has 0 saturated heterocycles. The maximum Gasteiger partial charge on any atom is 2.00 e. The molecule has 56 valence electrons. The standard InChI is InChI=1S/2CH2O3.Ba.H2S/c2*2-1(3)4;;/h2*(H2,2,3,4);;1H2/q;;+2;/p-2. The van der Waals surface area contributed by atoms with Crippen molar-refractivity contribution in [2.24, 2.45) is 0 Å². The van der Waals surface area contributed by atoms with Crippen molar-refractivity contribution in [1.29, 1.82) is 0 Å². The molecular formula is C2H4BaO6S. The molecular weight excluding hydrogens is 289 g/mol. The molecule has 0 heterocycles. The van der Waals surface area contributed by atoms with Crippen molar-refractivity contribution in [3.05, 3.63) is 0 Å². The Labute approximate surface area is 103 Å². The zero-order valence-corrected chi connectivity index (χ0v) is 10.2. The van der Waals surface area contributed by atoms with Crippen LogP contribution < -0.4 is 10.2 Å². The molecule has 0 atom stereocenters. The van der Waals surface area contributed by atoms with Crippen LogP contribution in [0.15, 0.2) is 0 Å². The summed E-state index contributed by atoms with van der Waals surface area (Å²) in [5.41, 5.74) is 0. The average Bonchev–Trinajstić information content (AvgIpc) is 1.25. The second-order valence-electron chi connectivity index (χ2n) is 0.533. The molecule has 0 radical (unpaired) electrons. The first-order chi connectivity index (χ1) is 3.46. The fraction of sp³-hybridized carbons (Fsp3) is 0. The number of carboxylic acid groups (broad SMARTS) is 4. The van der Waals surface area contributed by atoms with Gasteiger partial charge in [0.1, 0.15) is 0 Å². The van der Waals surface area contributed by atoms with E-state index < -0.39 is 12.3 Å². The van der Waals surface area contributed by atoms with Gasteiger partial charge >= 0.3 is 55.0 Å². The molecule has 6 nitrogen and oxygen atoms in total. The van der Waals surface area contributed by atoms with E-state index >= 15 is 0 Å². The molecule has 0 fully saturated rings. The van der Waals surface area contributed by atoms with E-state index in [0.29, 0.717) is 0 Å². The van der Waals surface area contributed by atoms with E-state index in [2.05, 4.69) is 0 Å². The van der Waals surface area contributed by atoms with E-state index in [9.17, 15) is 0 Å². The molecule has 0 aliphatic carbocycles. The Morgan fingerprint density at radius 2 is 1.10 bits per heavy atom. The van der Waals surface area contributed by atoms with Crippen molar-refractivity contribution in [2.45, 2.75) is 0 Å². The minimum absolute atomic E-state index is 0. The molecule has 0 aliphatic heterocycles. The molecule has 10 heavy (non-hydrogen) atoms. The van der Waals surface area contributed by atoms with Gasteiger partial charge in [0.2, 0.25) is 0 Å².